The minimum Gasteiger partial charge on any atom is -0.449 e. The van der Waals surface area contributed by atoms with Crippen LogP contribution in [0.2, 0.25) is 0 Å². The maximum Gasteiger partial charge on any atom is 0.338 e. The predicted octanol–water partition coefficient (Wildman–Crippen LogP) is 0.158. The maximum atomic E-state index is 12.1. The number of carbonyl (C=O) groups is 2. The van der Waals surface area contributed by atoms with E-state index in [-0.39, 0.29) is 16.5 Å². The molecule has 8 heteroatoms. The number of primary amides is 1. The number of nitrogens with one attached hydrogen (secondary N) is 1. The number of hydrogen-bond acceptors (Lipinski definition) is 5. The van der Waals surface area contributed by atoms with Crippen molar-refractivity contribution in [2.75, 3.05) is 0 Å². The van der Waals surface area contributed by atoms with Gasteiger partial charge in [0.1, 0.15) is 0 Å². The van der Waals surface area contributed by atoms with Gasteiger partial charge in [0, 0.05) is 6.04 Å². The molecule has 1 atom stereocenters. The first-order valence-electron chi connectivity index (χ1n) is 6.42. The van der Waals surface area contributed by atoms with Gasteiger partial charge in [0.2, 0.25) is 10.0 Å². The Morgan fingerprint density at radius 2 is 2.05 bits per heavy atom. The summed E-state index contributed by atoms with van der Waals surface area (Å²) >= 11 is 0. The largest absolute Gasteiger partial charge is 0.449 e. The van der Waals surface area contributed by atoms with Gasteiger partial charge in [-0.15, -0.1) is 0 Å². The highest BCUT2D eigenvalue weighted by Crippen LogP contribution is 2.22. The lowest BCUT2D eigenvalue weighted by Crippen LogP contribution is -2.30. The monoisotopic (exact) mass is 312 g/mol. The van der Waals surface area contributed by atoms with Crippen LogP contribution in [0.4, 0.5) is 0 Å². The summed E-state index contributed by atoms with van der Waals surface area (Å²) < 4.78 is 31.4. The van der Waals surface area contributed by atoms with E-state index in [1.807, 2.05) is 0 Å². The number of rotatable bonds is 6. The fourth-order valence-corrected chi connectivity index (χ4v) is 2.92. The lowest BCUT2D eigenvalue weighted by Gasteiger charge is -2.10. The van der Waals surface area contributed by atoms with Gasteiger partial charge in [-0.2, -0.15) is 0 Å². The molecule has 0 spiro atoms. The first kappa shape index (κ1) is 15.5. The van der Waals surface area contributed by atoms with Crippen molar-refractivity contribution in [3.05, 3.63) is 29.8 Å². The van der Waals surface area contributed by atoms with Gasteiger partial charge < -0.3 is 10.5 Å². The molecule has 0 heterocycles. The minimum absolute atomic E-state index is 0.0180. The SMILES string of the molecule is CC(OC(=O)c1cccc(S(=O)(=O)NC2CC2)c1)C(N)=O. The molecule has 1 amide bonds. The quantitative estimate of drug-likeness (QED) is 0.726. The number of esters is 1. The Labute approximate surface area is 122 Å². The molecule has 0 saturated heterocycles. The molecule has 0 radical (unpaired) electrons. The summed E-state index contributed by atoms with van der Waals surface area (Å²) in [5, 5.41) is 0. The average molecular weight is 312 g/mol. The van der Waals surface area contributed by atoms with E-state index in [0.717, 1.165) is 12.8 Å². The third kappa shape index (κ3) is 4.02. The smallest absolute Gasteiger partial charge is 0.338 e. The summed E-state index contributed by atoms with van der Waals surface area (Å²) in [7, 11) is -3.65. The number of amides is 1. The topological polar surface area (TPSA) is 116 Å². The first-order valence-corrected chi connectivity index (χ1v) is 7.90. The summed E-state index contributed by atoms with van der Waals surface area (Å²) in [5.74, 6) is -1.58. The summed E-state index contributed by atoms with van der Waals surface area (Å²) in [5.41, 5.74) is 5.04. The molecule has 0 aliphatic heterocycles. The van der Waals surface area contributed by atoms with Crippen LogP contribution < -0.4 is 10.5 Å². The molecule has 1 aromatic carbocycles. The van der Waals surface area contributed by atoms with Crippen molar-refractivity contribution in [1.82, 2.24) is 4.72 Å². The molecule has 1 fully saturated rings. The lowest BCUT2D eigenvalue weighted by atomic mass is 10.2. The molecule has 21 heavy (non-hydrogen) atoms. The summed E-state index contributed by atoms with van der Waals surface area (Å²) in [6.07, 6.45) is 0.552. The van der Waals surface area contributed by atoms with E-state index >= 15 is 0 Å². The van der Waals surface area contributed by atoms with Crippen molar-refractivity contribution in [1.29, 1.82) is 0 Å². The van der Waals surface area contributed by atoms with E-state index in [2.05, 4.69) is 4.72 Å². The molecular weight excluding hydrogens is 296 g/mol. The Morgan fingerprint density at radius 1 is 1.38 bits per heavy atom. The van der Waals surface area contributed by atoms with Gasteiger partial charge in [-0.05, 0) is 38.0 Å². The number of benzene rings is 1. The fraction of sp³-hybridized carbons (Fsp3) is 0.385. The number of nitrogens with two attached hydrogens (primary N) is 1. The number of ether oxygens (including phenoxy) is 1. The minimum atomic E-state index is -3.65. The van der Waals surface area contributed by atoms with Gasteiger partial charge in [0.05, 0.1) is 10.5 Å². The van der Waals surface area contributed by atoms with E-state index in [1.165, 1.54) is 31.2 Å². The highest BCUT2D eigenvalue weighted by molar-refractivity contribution is 7.89. The molecule has 7 nitrogen and oxygen atoms in total. The average Bonchev–Trinajstić information content (AvgIpc) is 3.22. The van der Waals surface area contributed by atoms with E-state index < -0.39 is 28.0 Å². The zero-order chi connectivity index (χ0) is 15.6. The molecule has 1 saturated carbocycles. The van der Waals surface area contributed by atoms with Crippen LogP contribution in [-0.4, -0.2) is 32.4 Å². The zero-order valence-corrected chi connectivity index (χ0v) is 12.2. The van der Waals surface area contributed by atoms with Crippen molar-refractivity contribution in [2.24, 2.45) is 5.73 Å². The molecule has 0 aromatic heterocycles. The number of hydrogen-bond donors (Lipinski definition) is 2. The van der Waals surface area contributed by atoms with Crippen molar-refractivity contribution in [3.63, 3.8) is 0 Å². The molecule has 3 N–H and O–H groups in total. The third-order valence-corrected chi connectivity index (χ3v) is 4.48. The molecule has 0 bridgehead atoms. The van der Waals surface area contributed by atoms with Crippen LogP contribution in [0.15, 0.2) is 29.2 Å². The van der Waals surface area contributed by atoms with Crippen LogP contribution in [0, 0.1) is 0 Å². The van der Waals surface area contributed by atoms with Crippen LogP contribution in [0.1, 0.15) is 30.1 Å². The van der Waals surface area contributed by atoms with E-state index in [0.29, 0.717) is 0 Å². The van der Waals surface area contributed by atoms with Crippen LogP contribution >= 0.6 is 0 Å². The van der Waals surface area contributed by atoms with Gasteiger partial charge in [0.25, 0.3) is 5.91 Å². The van der Waals surface area contributed by atoms with Gasteiger partial charge >= 0.3 is 5.97 Å². The second-order valence-electron chi connectivity index (χ2n) is 4.87. The van der Waals surface area contributed by atoms with E-state index in [4.69, 9.17) is 10.5 Å². The molecule has 1 aliphatic carbocycles. The summed E-state index contributed by atoms with van der Waals surface area (Å²) in [6, 6.07) is 5.42. The number of carbonyl (C=O) groups excluding carboxylic acids is 2. The summed E-state index contributed by atoms with van der Waals surface area (Å²) in [6.45, 7) is 1.34. The van der Waals surface area contributed by atoms with Crippen molar-refractivity contribution < 1.29 is 22.7 Å². The molecular formula is C13H16N2O5S. The molecule has 1 aromatic rings. The van der Waals surface area contributed by atoms with Crippen LogP contribution in [0.3, 0.4) is 0 Å². The van der Waals surface area contributed by atoms with Crippen LogP contribution in [0.25, 0.3) is 0 Å². The standard InChI is InChI=1S/C13H16N2O5S/c1-8(12(14)16)20-13(17)9-3-2-4-11(7-9)21(18,19)15-10-5-6-10/h2-4,7-8,10,15H,5-6H2,1H3,(H2,14,16). The van der Waals surface area contributed by atoms with Crippen LogP contribution in [0.5, 0.6) is 0 Å². The van der Waals surface area contributed by atoms with Crippen molar-refractivity contribution in [2.45, 2.75) is 36.8 Å². The Hall–Kier alpha value is -1.93. The Kier molecular flexibility index (Phi) is 4.29. The van der Waals surface area contributed by atoms with Gasteiger partial charge in [-0.1, -0.05) is 6.07 Å². The van der Waals surface area contributed by atoms with E-state index in [9.17, 15) is 18.0 Å². The highest BCUT2D eigenvalue weighted by atomic mass is 32.2. The lowest BCUT2D eigenvalue weighted by molar-refractivity contribution is -0.125. The predicted molar refractivity (Wildman–Crippen MR) is 73.9 cm³/mol. The molecule has 1 aliphatic rings. The van der Waals surface area contributed by atoms with Gasteiger partial charge in [0.15, 0.2) is 6.10 Å². The normalized spacial score (nSPS) is 16.2. The van der Waals surface area contributed by atoms with Gasteiger partial charge in [-0.3, -0.25) is 4.79 Å². The second kappa shape index (κ2) is 5.82. The fourth-order valence-electron chi connectivity index (χ4n) is 1.57. The molecule has 2 rings (SSSR count). The Bertz CT molecular complexity index is 667. The Balaban J connectivity index is 2.17. The second-order valence-corrected chi connectivity index (χ2v) is 6.59. The Morgan fingerprint density at radius 3 is 2.62 bits per heavy atom. The molecule has 1 unspecified atom stereocenters. The van der Waals surface area contributed by atoms with E-state index in [1.54, 1.807) is 0 Å². The first-order chi connectivity index (χ1) is 9.79. The van der Waals surface area contributed by atoms with Gasteiger partial charge in [-0.25, -0.2) is 17.9 Å². The number of sulfonamides is 1. The highest BCUT2D eigenvalue weighted by Gasteiger charge is 2.28. The third-order valence-electron chi connectivity index (χ3n) is 2.96. The maximum absolute atomic E-state index is 12.1. The summed E-state index contributed by atoms with van der Waals surface area (Å²) in [4.78, 5) is 22.7. The molecule has 114 valence electrons. The van der Waals surface area contributed by atoms with Crippen molar-refractivity contribution in [3.8, 4) is 0 Å². The van der Waals surface area contributed by atoms with Crippen molar-refractivity contribution >= 4 is 21.9 Å². The van der Waals surface area contributed by atoms with Crippen LogP contribution in [-0.2, 0) is 19.6 Å². The zero-order valence-electron chi connectivity index (χ0n) is 11.4.